The number of imidazole rings is 1. The first-order chi connectivity index (χ1) is 12.7. The summed E-state index contributed by atoms with van der Waals surface area (Å²) in [5.74, 6) is 0.0804. The lowest BCUT2D eigenvalue weighted by Gasteiger charge is -2.19. The van der Waals surface area contributed by atoms with Gasteiger partial charge in [-0.2, -0.15) is 5.26 Å². The van der Waals surface area contributed by atoms with Crippen LogP contribution in [-0.4, -0.2) is 27.8 Å². The molecule has 1 heterocycles. The van der Waals surface area contributed by atoms with E-state index in [0.29, 0.717) is 6.54 Å². The van der Waals surface area contributed by atoms with Crippen LogP contribution in [0.1, 0.15) is 0 Å². The average Bonchev–Trinajstić information content (AvgIpc) is 3.03. The molecule has 26 heavy (non-hydrogen) atoms. The summed E-state index contributed by atoms with van der Waals surface area (Å²) in [6.45, 7) is 4.44. The van der Waals surface area contributed by atoms with Crippen molar-refractivity contribution in [2.45, 2.75) is 11.7 Å². The van der Waals surface area contributed by atoms with E-state index in [2.05, 4.69) is 17.6 Å². The third-order valence-corrected chi connectivity index (χ3v) is 4.81. The summed E-state index contributed by atoms with van der Waals surface area (Å²) in [6, 6.07) is 19.2. The maximum atomic E-state index is 12.7. The van der Waals surface area contributed by atoms with Crippen LogP contribution < -0.4 is 4.90 Å². The Morgan fingerprint density at radius 1 is 1.23 bits per heavy atom. The van der Waals surface area contributed by atoms with E-state index in [4.69, 9.17) is 5.26 Å². The van der Waals surface area contributed by atoms with Crippen molar-refractivity contribution in [3.63, 3.8) is 0 Å². The monoisotopic (exact) mass is 362 g/mol. The van der Waals surface area contributed by atoms with E-state index in [9.17, 15) is 4.79 Å². The maximum absolute atomic E-state index is 12.7. The van der Waals surface area contributed by atoms with Crippen molar-refractivity contribution in [1.82, 2.24) is 9.55 Å². The smallest absolute Gasteiger partial charge is 0.238 e. The zero-order valence-corrected chi connectivity index (χ0v) is 15.0. The van der Waals surface area contributed by atoms with Crippen molar-refractivity contribution in [2.75, 3.05) is 17.2 Å². The zero-order chi connectivity index (χ0) is 18.4. The number of amides is 1. The highest BCUT2D eigenvalue weighted by atomic mass is 32.2. The number of rotatable bonds is 7. The summed E-state index contributed by atoms with van der Waals surface area (Å²) in [4.78, 5) is 18.8. The highest BCUT2D eigenvalue weighted by Crippen LogP contribution is 2.25. The number of anilines is 1. The van der Waals surface area contributed by atoms with Gasteiger partial charge in [0.25, 0.3) is 0 Å². The first-order valence-electron chi connectivity index (χ1n) is 8.16. The van der Waals surface area contributed by atoms with E-state index in [0.717, 1.165) is 21.9 Å². The molecule has 0 atom stereocenters. The van der Waals surface area contributed by atoms with Crippen molar-refractivity contribution in [3.8, 4) is 6.07 Å². The van der Waals surface area contributed by atoms with E-state index in [1.54, 1.807) is 0 Å². The van der Waals surface area contributed by atoms with Gasteiger partial charge in [-0.15, -0.1) is 6.58 Å². The van der Waals surface area contributed by atoms with Crippen LogP contribution >= 0.6 is 11.8 Å². The largest absolute Gasteiger partial charge is 0.315 e. The van der Waals surface area contributed by atoms with E-state index >= 15 is 0 Å². The van der Waals surface area contributed by atoms with Crippen LogP contribution in [0.4, 0.5) is 5.69 Å². The van der Waals surface area contributed by atoms with Gasteiger partial charge in [0, 0.05) is 12.2 Å². The van der Waals surface area contributed by atoms with Crippen LogP contribution in [-0.2, 0) is 11.3 Å². The Kier molecular flexibility index (Phi) is 5.72. The van der Waals surface area contributed by atoms with Gasteiger partial charge in [0.1, 0.15) is 6.54 Å². The van der Waals surface area contributed by atoms with Gasteiger partial charge < -0.3 is 4.57 Å². The van der Waals surface area contributed by atoms with E-state index in [1.807, 2.05) is 65.2 Å². The van der Waals surface area contributed by atoms with Gasteiger partial charge in [-0.25, -0.2) is 4.98 Å². The number of thioether (sulfide) groups is 1. The number of nitrogens with zero attached hydrogens (tertiary/aromatic N) is 4. The lowest BCUT2D eigenvalue weighted by molar-refractivity contribution is -0.116. The molecule has 2 aromatic carbocycles. The third-order valence-electron chi connectivity index (χ3n) is 3.85. The second-order valence-corrected chi connectivity index (χ2v) is 6.49. The summed E-state index contributed by atoms with van der Waals surface area (Å²) in [5, 5.41) is 9.83. The lowest BCUT2D eigenvalue weighted by atomic mass is 10.3. The molecule has 1 aromatic heterocycles. The molecule has 0 fully saturated rings. The first-order valence-corrected chi connectivity index (χ1v) is 9.14. The number of nitriles is 1. The minimum absolute atomic E-state index is 0.0203. The highest BCUT2D eigenvalue weighted by molar-refractivity contribution is 7.99. The molecule has 1 amide bonds. The van der Waals surface area contributed by atoms with E-state index < -0.39 is 0 Å². The van der Waals surface area contributed by atoms with Crippen molar-refractivity contribution in [2.24, 2.45) is 0 Å². The van der Waals surface area contributed by atoms with Gasteiger partial charge in [0.2, 0.25) is 5.91 Å². The molecule has 0 unspecified atom stereocenters. The highest BCUT2D eigenvalue weighted by Gasteiger charge is 2.18. The van der Waals surface area contributed by atoms with Crippen molar-refractivity contribution in [3.05, 3.63) is 67.3 Å². The molecule has 0 aliphatic heterocycles. The molecule has 130 valence electrons. The number of hydrogen-bond donors (Lipinski definition) is 0. The minimum atomic E-state index is -0.125. The predicted octanol–water partition coefficient (Wildman–Crippen LogP) is 3.87. The van der Waals surface area contributed by atoms with Crippen LogP contribution in [0.25, 0.3) is 11.0 Å². The van der Waals surface area contributed by atoms with Crippen LogP contribution in [0.3, 0.4) is 0 Å². The average molecular weight is 362 g/mol. The van der Waals surface area contributed by atoms with Crippen LogP contribution in [0.5, 0.6) is 0 Å². The molecule has 3 rings (SSSR count). The predicted molar refractivity (Wildman–Crippen MR) is 105 cm³/mol. The second-order valence-electron chi connectivity index (χ2n) is 5.54. The van der Waals surface area contributed by atoms with Crippen molar-refractivity contribution in [1.29, 1.82) is 5.26 Å². The fourth-order valence-electron chi connectivity index (χ4n) is 2.68. The molecule has 0 bridgehead atoms. The quantitative estimate of drug-likeness (QED) is 0.364. The fourth-order valence-corrected chi connectivity index (χ4v) is 3.58. The molecule has 0 aliphatic rings. The Hall–Kier alpha value is -3.04. The second kappa shape index (κ2) is 8.37. The summed E-state index contributed by atoms with van der Waals surface area (Å²) in [7, 11) is 0. The molecule has 0 saturated carbocycles. The first kappa shape index (κ1) is 17.8. The Balaban J connectivity index is 1.80. The molecule has 5 nitrogen and oxygen atoms in total. The molecule has 0 saturated heterocycles. The SMILES string of the molecule is C=CCn1c(SCC(=O)N(CC#N)c2ccccc2)nc2ccccc21. The van der Waals surface area contributed by atoms with Gasteiger partial charge >= 0.3 is 0 Å². The van der Waals surface area contributed by atoms with E-state index in [1.165, 1.54) is 16.7 Å². The molecule has 0 N–H and O–H groups in total. The van der Waals surface area contributed by atoms with Gasteiger partial charge in [0.15, 0.2) is 5.16 Å². The van der Waals surface area contributed by atoms with Crippen molar-refractivity contribution < 1.29 is 4.79 Å². The Morgan fingerprint density at radius 3 is 2.69 bits per heavy atom. The van der Waals surface area contributed by atoms with Crippen molar-refractivity contribution >= 4 is 34.4 Å². The zero-order valence-electron chi connectivity index (χ0n) is 14.2. The molecule has 0 aliphatic carbocycles. The van der Waals surface area contributed by atoms with Crippen LogP contribution in [0.15, 0.2) is 72.4 Å². The van der Waals surface area contributed by atoms with Gasteiger partial charge in [-0.1, -0.05) is 48.2 Å². The third kappa shape index (κ3) is 3.79. The number of hydrogen-bond acceptors (Lipinski definition) is 4. The normalized spacial score (nSPS) is 10.4. The van der Waals surface area contributed by atoms with E-state index in [-0.39, 0.29) is 18.2 Å². The summed E-state index contributed by atoms with van der Waals surface area (Å²) < 4.78 is 2.04. The number of allylic oxidation sites excluding steroid dienone is 1. The standard InChI is InChI=1S/C20H18N4OS/c1-2-13-24-18-11-7-6-10-17(18)22-20(24)26-15-19(25)23(14-12-21)16-8-4-3-5-9-16/h2-11H,1,13-15H2. The molecule has 6 heteroatoms. The number of benzene rings is 2. The minimum Gasteiger partial charge on any atom is -0.315 e. The summed E-state index contributed by atoms with van der Waals surface area (Å²) in [6.07, 6.45) is 1.81. The molecule has 0 spiro atoms. The molecular weight excluding hydrogens is 344 g/mol. The number of carbonyl (C=O) groups excluding carboxylic acids is 1. The van der Waals surface area contributed by atoms with Gasteiger partial charge in [0.05, 0.1) is 22.9 Å². The number of para-hydroxylation sites is 3. The fraction of sp³-hybridized carbons (Fsp3) is 0.150. The topological polar surface area (TPSA) is 61.9 Å². The number of aromatic nitrogens is 2. The number of carbonyl (C=O) groups is 1. The molecular formula is C20H18N4OS. The molecule has 3 aromatic rings. The Morgan fingerprint density at radius 2 is 1.96 bits per heavy atom. The Labute approximate surface area is 156 Å². The van der Waals surface area contributed by atoms with Crippen LogP contribution in [0, 0.1) is 11.3 Å². The van der Waals surface area contributed by atoms with Gasteiger partial charge in [-0.3, -0.25) is 9.69 Å². The summed E-state index contributed by atoms with van der Waals surface area (Å²) in [5.41, 5.74) is 2.62. The van der Waals surface area contributed by atoms with Crippen LogP contribution in [0.2, 0.25) is 0 Å². The summed E-state index contributed by atoms with van der Waals surface area (Å²) >= 11 is 1.37. The Bertz CT molecular complexity index is 959. The molecule has 0 radical (unpaired) electrons. The maximum Gasteiger partial charge on any atom is 0.238 e. The number of fused-ring (bicyclic) bond motifs is 1. The van der Waals surface area contributed by atoms with Gasteiger partial charge in [-0.05, 0) is 24.3 Å². The lowest BCUT2D eigenvalue weighted by Crippen LogP contribution is -2.32.